The third-order valence-electron chi connectivity index (χ3n) is 14.6. The molecular weight excluding hydrogens is 903 g/mol. The normalized spacial score (nSPS) is 38.1. The van der Waals surface area contributed by atoms with Crippen LogP contribution in [0.3, 0.4) is 0 Å². The van der Waals surface area contributed by atoms with Gasteiger partial charge in [0.05, 0.1) is 24.4 Å². The Morgan fingerprint density at radius 3 is 2.36 bits per heavy atom. The van der Waals surface area contributed by atoms with Crippen molar-refractivity contribution in [3.63, 3.8) is 0 Å². The SMILES string of the molecule is C#CCOC(=O)N[C@H]1CC[C@@H](C[C@@H](N)[C@@H]2CC(=O)[C@H](C)/C=C(\C)[C@@H](O)[C@@H](O)C(=O)[C@H](C)C[C@H](C)/C=C/C=C/C=C(\C)[C@@H](OC)C[C@@H]3CC[C@@H](C)[C@@](O)(O3)C(=O)C(=O)N3CCCC[C@H]3C(=O)O2)C[C@H]1OC. The van der Waals surface area contributed by atoms with Gasteiger partial charge < -0.3 is 55.0 Å². The minimum absolute atomic E-state index is 0.0216. The van der Waals surface area contributed by atoms with Crippen molar-refractivity contribution in [2.24, 2.45) is 35.3 Å². The number of hydrogen-bond acceptors (Lipinski definition) is 15. The van der Waals surface area contributed by atoms with Crippen LogP contribution in [0, 0.1) is 41.9 Å². The number of rotatable bonds is 7. The van der Waals surface area contributed by atoms with Gasteiger partial charge in [0.1, 0.15) is 30.1 Å². The Balaban J connectivity index is 1.67. The molecule has 0 unspecified atom stereocenters. The summed E-state index contributed by atoms with van der Waals surface area (Å²) in [5.41, 5.74) is 7.92. The highest BCUT2D eigenvalue weighted by Crippen LogP contribution is 2.37. The summed E-state index contributed by atoms with van der Waals surface area (Å²) in [6.45, 7) is 10.1. The highest BCUT2D eigenvalue weighted by atomic mass is 16.6. The lowest BCUT2D eigenvalue weighted by Gasteiger charge is -2.42. The molecule has 390 valence electrons. The van der Waals surface area contributed by atoms with E-state index in [9.17, 15) is 44.1 Å². The molecule has 1 aliphatic carbocycles. The van der Waals surface area contributed by atoms with E-state index in [1.54, 1.807) is 27.9 Å². The third kappa shape index (κ3) is 15.7. The number of nitrogens with zero attached hydrogens (tertiary/aromatic N) is 1. The predicted molar refractivity (Wildman–Crippen MR) is 260 cm³/mol. The zero-order valence-corrected chi connectivity index (χ0v) is 42.4. The second kappa shape index (κ2) is 27.3. The molecule has 0 aromatic rings. The molecule has 4 aliphatic rings. The summed E-state index contributed by atoms with van der Waals surface area (Å²) in [6, 6.07) is -2.54. The van der Waals surface area contributed by atoms with E-state index < -0.39 is 108 Å². The summed E-state index contributed by atoms with van der Waals surface area (Å²) in [7, 11) is 3.07. The number of aliphatic hydroxyl groups is 3. The van der Waals surface area contributed by atoms with Crippen molar-refractivity contribution in [2.45, 2.75) is 179 Å². The van der Waals surface area contributed by atoms with Gasteiger partial charge in [-0.3, -0.25) is 19.2 Å². The van der Waals surface area contributed by atoms with Gasteiger partial charge in [0.15, 0.2) is 12.4 Å². The molecule has 15 atom stereocenters. The molecule has 17 nitrogen and oxygen atoms in total. The van der Waals surface area contributed by atoms with E-state index >= 15 is 0 Å². The Labute approximate surface area is 414 Å². The summed E-state index contributed by atoms with van der Waals surface area (Å²) in [6.07, 6.45) is 13.4. The highest BCUT2D eigenvalue weighted by Gasteiger charge is 2.53. The Kier molecular flexibility index (Phi) is 22.7. The zero-order chi connectivity index (χ0) is 51.9. The first-order valence-electron chi connectivity index (χ1n) is 24.9. The van der Waals surface area contributed by atoms with E-state index in [4.69, 9.17) is 35.8 Å². The van der Waals surface area contributed by atoms with Crippen molar-refractivity contribution in [3.05, 3.63) is 47.6 Å². The van der Waals surface area contributed by atoms with E-state index in [0.717, 1.165) is 10.5 Å². The van der Waals surface area contributed by atoms with Gasteiger partial charge in [0.2, 0.25) is 5.79 Å². The first-order chi connectivity index (χ1) is 33.1. The van der Waals surface area contributed by atoms with Crippen LogP contribution in [0.4, 0.5) is 4.79 Å². The molecule has 2 saturated heterocycles. The summed E-state index contributed by atoms with van der Waals surface area (Å²) >= 11 is 0. The standard InChI is InChI=1S/C53H79N3O14/c1-10-24-68-52(64)55-40-22-20-37(28-45(40)67-9)27-39(54)44-30-42(57)33(4)26-35(6)47(59)48(60)46(58)34(5)25-31(2)16-12-11-13-17-32(3)43(66-8)29-38-21-19-36(7)53(65,70-38)49(61)50(62)56-23-15-14-18-41(56)51(63)69-44/h1,11-13,16-17,26,31,33-34,36-41,43-45,47-48,59-60,65H,14-15,18-25,27-30,54H2,2-9H3,(H,55,64)/b13-11+,16-12+,32-17+,35-26+/t31-,33-,34-,36-,37+,38+,39-,40+,41+,43+,44+,45-,47-,48+,53-/m1/s1. The number of allylic oxidation sites excluding steroid dienone is 6. The number of aliphatic hydroxyl groups excluding tert-OH is 2. The van der Waals surface area contributed by atoms with Crippen LogP contribution < -0.4 is 11.1 Å². The number of fused-ring (bicyclic) bond motifs is 3. The first kappa shape index (κ1) is 58.0. The minimum Gasteiger partial charge on any atom is -0.459 e. The van der Waals surface area contributed by atoms with Crippen molar-refractivity contribution in [2.75, 3.05) is 27.4 Å². The van der Waals surface area contributed by atoms with Gasteiger partial charge in [0.25, 0.3) is 11.7 Å². The molecule has 0 radical (unpaired) electrons. The van der Waals surface area contributed by atoms with Gasteiger partial charge in [-0.15, -0.1) is 6.42 Å². The van der Waals surface area contributed by atoms with Gasteiger partial charge in [-0.2, -0.15) is 0 Å². The molecule has 4 rings (SSSR count). The number of alkyl carbamates (subject to hydrolysis) is 1. The van der Waals surface area contributed by atoms with Gasteiger partial charge in [-0.1, -0.05) is 70.1 Å². The Hall–Kier alpha value is -4.54. The number of Topliss-reactive ketones (excluding diaryl/α,β-unsaturated/α-hetero) is 3. The molecule has 3 aliphatic heterocycles. The van der Waals surface area contributed by atoms with Crippen molar-refractivity contribution in [1.29, 1.82) is 0 Å². The smallest absolute Gasteiger partial charge is 0.408 e. The number of carbonyl (C=O) groups is 6. The number of nitrogens with two attached hydrogens (primary N) is 1. The fourth-order valence-corrected chi connectivity index (χ4v) is 10.2. The summed E-state index contributed by atoms with van der Waals surface area (Å²) in [4.78, 5) is 83.8. The second-order valence-corrected chi connectivity index (χ2v) is 20.0. The number of piperidine rings is 1. The molecular formula is C53H79N3O14. The van der Waals surface area contributed by atoms with E-state index in [1.807, 2.05) is 44.2 Å². The maximum atomic E-state index is 14.4. The number of hydrogen-bond donors (Lipinski definition) is 5. The van der Waals surface area contributed by atoms with Crippen molar-refractivity contribution < 1.29 is 67.8 Å². The average molecular weight is 982 g/mol. The van der Waals surface area contributed by atoms with Gasteiger partial charge in [-0.05, 0) is 101 Å². The molecule has 2 amide bonds. The Bertz CT molecular complexity index is 1990. The summed E-state index contributed by atoms with van der Waals surface area (Å²) in [5.74, 6) is -6.76. The molecule has 3 fully saturated rings. The van der Waals surface area contributed by atoms with Crippen molar-refractivity contribution in [3.8, 4) is 12.3 Å². The van der Waals surface area contributed by atoms with Crippen molar-refractivity contribution in [1.82, 2.24) is 10.2 Å². The molecule has 0 aromatic carbocycles. The van der Waals surface area contributed by atoms with Gasteiger partial charge in [0, 0.05) is 57.4 Å². The number of terminal acetylenes is 1. The van der Waals surface area contributed by atoms with Crippen molar-refractivity contribution >= 4 is 35.3 Å². The molecule has 70 heavy (non-hydrogen) atoms. The van der Waals surface area contributed by atoms with Gasteiger partial charge >= 0.3 is 12.1 Å². The summed E-state index contributed by atoms with van der Waals surface area (Å²) < 4.78 is 28.8. The lowest BCUT2D eigenvalue weighted by molar-refractivity contribution is -0.265. The van der Waals surface area contributed by atoms with Crippen LogP contribution >= 0.6 is 0 Å². The number of esters is 1. The largest absolute Gasteiger partial charge is 0.459 e. The number of cyclic esters (lactones) is 1. The van der Waals surface area contributed by atoms with Crippen LogP contribution in [-0.4, -0.2) is 143 Å². The quantitative estimate of drug-likeness (QED) is 0.101. The average Bonchev–Trinajstić information content (AvgIpc) is 3.34. The predicted octanol–water partition coefficient (Wildman–Crippen LogP) is 4.58. The number of nitrogens with one attached hydrogen (secondary N) is 1. The van der Waals surface area contributed by atoms with Crippen LogP contribution in [0.1, 0.15) is 119 Å². The lowest BCUT2D eigenvalue weighted by atomic mass is 9.79. The van der Waals surface area contributed by atoms with E-state index in [2.05, 4.69) is 11.2 Å². The molecule has 1 saturated carbocycles. The second-order valence-electron chi connectivity index (χ2n) is 20.0. The highest BCUT2D eigenvalue weighted by molar-refractivity contribution is 6.39. The Morgan fingerprint density at radius 2 is 1.67 bits per heavy atom. The topological polar surface area (TPSA) is 251 Å². The maximum absolute atomic E-state index is 14.4. The number of amides is 2. The van der Waals surface area contributed by atoms with Crippen LogP contribution in [0.2, 0.25) is 0 Å². The number of methoxy groups -OCH3 is 2. The van der Waals surface area contributed by atoms with Crippen LogP contribution in [-0.2, 0) is 47.7 Å². The molecule has 0 aromatic heterocycles. The molecule has 3 heterocycles. The fourth-order valence-electron chi connectivity index (χ4n) is 10.2. The number of ketones is 3. The molecule has 6 N–H and O–H groups in total. The van der Waals surface area contributed by atoms with Crippen LogP contribution in [0.25, 0.3) is 0 Å². The lowest BCUT2D eigenvalue weighted by Crippen LogP contribution is -2.61. The molecule has 17 heteroatoms. The zero-order valence-electron chi connectivity index (χ0n) is 42.4. The third-order valence-corrected chi connectivity index (χ3v) is 14.6. The van der Waals surface area contributed by atoms with E-state index in [0.29, 0.717) is 51.4 Å². The van der Waals surface area contributed by atoms with Crippen LogP contribution in [0.5, 0.6) is 0 Å². The van der Waals surface area contributed by atoms with Gasteiger partial charge in [-0.25, -0.2) is 9.59 Å². The monoisotopic (exact) mass is 982 g/mol. The van der Waals surface area contributed by atoms with Crippen LogP contribution in [0.15, 0.2) is 47.6 Å². The van der Waals surface area contributed by atoms with E-state index in [1.165, 1.54) is 20.1 Å². The number of ether oxygens (including phenoxy) is 5. The van der Waals surface area contributed by atoms with E-state index in [-0.39, 0.29) is 62.3 Å². The number of carbonyl (C=O) groups excluding carboxylic acids is 6. The maximum Gasteiger partial charge on any atom is 0.408 e. The first-order valence-corrected chi connectivity index (χ1v) is 24.9. The minimum atomic E-state index is -2.48. The molecule has 0 spiro atoms. The fraction of sp³-hybridized carbons (Fsp3) is 0.698. The Morgan fingerprint density at radius 1 is 0.943 bits per heavy atom. The molecule has 2 bridgehead atoms. The summed E-state index contributed by atoms with van der Waals surface area (Å²) in [5, 5.41) is 36.9.